The summed E-state index contributed by atoms with van der Waals surface area (Å²) in [5.41, 5.74) is 1.41. The number of aromatic nitrogens is 2. The van der Waals surface area contributed by atoms with Crippen molar-refractivity contribution in [2.45, 2.75) is 13.3 Å². The second-order valence-corrected chi connectivity index (χ2v) is 3.98. The molecular weight excluding hydrogens is 244 g/mol. The highest BCUT2D eigenvalue weighted by molar-refractivity contribution is 5.95. The van der Waals surface area contributed by atoms with Crippen LogP contribution in [0.4, 0.5) is 0 Å². The van der Waals surface area contributed by atoms with Crippen LogP contribution in [0, 0.1) is 0 Å². The first-order chi connectivity index (χ1) is 9.22. The summed E-state index contributed by atoms with van der Waals surface area (Å²) in [7, 11) is 0. The molecule has 2 heterocycles. The van der Waals surface area contributed by atoms with Gasteiger partial charge in [0.1, 0.15) is 5.75 Å². The fourth-order valence-electron chi connectivity index (χ4n) is 1.68. The van der Waals surface area contributed by atoms with E-state index in [1.165, 1.54) is 18.5 Å². The molecule has 0 fully saturated rings. The Morgan fingerprint density at radius 3 is 2.89 bits per heavy atom. The molecular formula is C14H14N2O3. The van der Waals surface area contributed by atoms with Gasteiger partial charge in [0, 0.05) is 29.7 Å². The van der Waals surface area contributed by atoms with Crippen molar-refractivity contribution in [1.29, 1.82) is 0 Å². The molecule has 0 aliphatic heterocycles. The quantitative estimate of drug-likeness (QED) is 0.892. The number of carboxylic acid groups (broad SMARTS) is 1. The number of hydrogen-bond acceptors (Lipinski definition) is 4. The van der Waals surface area contributed by atoms with E-state index in [1.807, 2.05) is 6.92 Å². The second-order valence-electron chi connectivity index (χ2n) is 3.98. The van der Waals surface area contributed by atoms with Crippen LogP contribution in [0.15, 0.2) is 36.9 Å². The fourth-order valence-corrected chi connectivity index (χ4v) is 1.68. The average molecular weight is 258 g/mol. The maximum absolute atomic E-state index is 11.2. The molecule has 0 aliphatic rings. The number of pyridine rings is 2. The average Bonchev–Trinajstić information content (AvgIpc) is 2.45. The smallest absolute Gasteiger partial charge is 0.336 e. The summed E-state index contributed by atoms with van der Waals surface area (Å²) in [5, 5.41) is 9.16. The van der Waals surface area contributed by atoms with E-state index in [0.29, 0.717) is 23.5 Å². The molecule has 0 spiro atoms. The lowest BCUT2D eigenvalue weighted by Gasteiger charge is -2.08. The van der Waals surface area contributed by atoms with Crippen molar-refractivity contribution in [3.8, 4) is 16.9 Å². The van der Waals surface area contributed by atoms with Crippen molar-refractivity contribution in [2.24, 2.45) is 0 Å². The van der Waals surface area contributed by atoms with Crippen molar-refractivity contribution < 1.29 is 14.6 Å². The van der Waals surface area contributed by atoms with Crippen molar-refractivity contribution in [3.05, 3.63) is 42.5 Å². The van der Waals surface area contributed by atoms with Crippen molar-refractivity contribution >= 4 is 5.97 Å². The first-order valence-corrected chi connectivity index (χ1v) is 5.98. The molecule has 5 nitrogen and oxygen atoms in total. The summed E-state index contributed by atoms with van der Waals surface area (Å²) in [6.45, 7) is 2.62. The van der Waals surface area contributed by atoms with Gasteiger partial charge in [-0.25, -0.2) is 4.79 Å². The molecule has 19 heavy (non-hydrogen) atoms. The van der Waals surface area contributed by atoms with Gasteiger partial charge in [0.15, 0.2) is 0 Å². The van der Waals surface area contributed by atoms with Gasteiger partial charge in [-0.1, -0.05) is 6.92 Å². The molecule has 0 atom stereocenters. The number of carboxylic acids is 1. The Balaban J connectivity index is 2.39. The van der Waals surface area contributed by atoms with Crippen LogP contribution in [-0.2, 0) is 0 Å². The van der Waals surface area contributed by atoms with Gasteiger partial charge in [0.25, 0.3) is 0 Å². The number of rotatable bonds is 5. The van der Waals surface area contributed by atoms with E-state index >= 15 is 0 Å². The lowest BCUT2D eigenvalue weighted by Crippen LogP contribution is -2.01. The lowest BCUT2D eigenvalue weighted by atomic mass is 10.0. The van der Waals surface area contributed by atoms with Crippen LogP contribution in [0.3, 0.4) is 0 Å². The van der Waals surface area contributed by atoms with E-state index in [4.69, 9.17) is 9.84 Å². The van der Waals surface area contributed by atoms with Crippen LogP contribution in [0.25, 0.3) is 11.1 Å². The van der Waals surface area contributed by atoms with E-state index in [1.54, 1.807) is 18.5 Å². The van der Waals surface area contributed by atoms with Crippen molar-refractivity contribution in [3.63, 3.8) is 0 Å². The van der Waals surface area contributed by atoms with Crippen LogP contribution in [-0.4, -0.2) is 27.7 Å². The zero-order valence-electron chi connectivity index (χ0n) is 10.5. The zero-order chi connectivity index (χ0) is 13.7. The molecule has 0 bridgehead atoms. The van der Waals surface area contributed by atoms with Gasteiger partial charge in [-0.2, -0.15) is 0 Å². The minimum atomic E-state index is -0.989. The fraction of sp³-hybridized carbons (Fsp3) is 0.214. The number of nitrogens with zero attached hydrogens (tertiary/aromatic N) is 2. The van der Waals surface area contributed by atoms with Crippen molar-refractivity contribution in [2.75, 3.05) is 6.61 Å². The standard InChI is InChI=1S/C14H14N2O3/c1-2-5-19-11-6-10(7-16-8-11)13-9-15-4-3-12(13)14(17)18/h3-4,6-9H,2,5H2,1H3,(H,17,18). The topological polar surface area (TPSA) is 72.3 Å². The number of ether oxygens (including phenoxy) is 1. The largest absolute Gasteiger partial charge is 0.492 e. The normalized spacial score (nSPS) is 10.2. The molecule has 2 aromatic rings. The highest BCUT2D eigenvalue weighted by Gasteiger charge is 2.12. The van der Waals surface area contributed by atoms with Crippen LogP contribution in [0.2, 0.25) is 0 Å². The highest BCUT2D eigenvalue weighted by Crippen LogP contribution is 2.25. The Morgan fingerprint density at radius 2 is 2.16 bits per heavy atom. The zero-order valence-corrected chi connectivity index (χ0v) is 10.5. The Hall–Kier alpha value is -2.43. The molecule has 0 aromatic carbocycles. The molecule has 0 aliphatic carbocycles. The van der Waals surface area contributed by atoms with Gasteiger partial charge in [-0.15, -0.1) is 0 Å². The summed E-state index contributed by atoms with van der Waals surface area (Å²) >= 11 is 0. The molecule has 0 saturated heterocycles. The molecule has 1 N–H and O–H groups in total. The molecule has 0 unspecified atom stereocenters. The summed E-state index contributed by atoms with van der Waals surface area (Å²) < 4.78 is 5.49. The summed E-state index contributed by atoms with van der Waals surface area (Å²) in [5.74, 6) is -0.364. The number of hydrogen-bond donors (Lipinski definition) is 1. The maximum atomic E-state index is 11.2. The number of carbonyl (C=O) groups is 1. The van der Waals surface area contributed by atoms with E-state index < -0.39 is 5.97 Å². The Labute approximate surface area is 110 Å². The first kappa shape index (κ1) is 13.0. The molecule has 0 radical (unpaired) electrons. The number of aromatic carboxylic acids is 1. The summed E-state index contributed by atoms with van der Waals surface area (Å²) in [6, 6.07) is 3.24. The molecule has 0 amide bonds. The van der Waals surface area contributed by atoms with E-state index in [-0.39, 0.29) is 5.56 Å². The van der Waals surface area contributed by atoms with E-state index in [9.17, 15) is 4.79 Å². The second kappa shape index (κ2) is 5.95. The third-order valence-corrected chi connectivity index (χ3v) is 2.55. The maximum Gasteiger partial charge on any atom is 0.336 e. The van der Waals surface area contributed by atoms with Gasteiger partial charge >= 0.3 is 5.97 Å². The van der Waals surface area contributed by atoms with Gasteiger partial charge < -0.3 is 9.84 Å². The predicted octanol–water partition coefficient (Wildman–Crippen LogP) is 2.63. The Morgan fingerprint density at radius 1 is 1.32 bits per heavy atom. The van der Waals surface area contributed by atoms with E-state index in [2.05, 4.69) is 9.97 Å². The SMILES string of the molecule is CCCOc1cncc(-c2cnccc2C(=O)O)c1. The Bertz CT molecular complexity index is 584. The minimum absolute atomic E-state index is 0.199. The third-order valence-electron chi connectivity index (χ3n) is 2.55. The van der Waals surface area contributed by atoms with Gasteiger partial charge in [-0.3, -0.25) is 9.97 Å². The third kappa shape index (κ3) is 3.07. The van der Waals surface area contributed by atoms with Crippen LogP contribution < -0.4 is 4.74 Å². The predicted molar refractivity (Wildman–Crippen MR) is 70.2 cm³/mol. The lowest BCUT2D eigenvalue weighted by molar-refractivity contribution is 0.0697. The van der Waals surface area contributed by atoms with Crippen LogP contribution >= 0.6 is 0 Å². The summed E-state index contributed by atoms with van der Waals surface area (Å²) in [4.78, 5) is 19.2. The molecule has 0 saturated carbocycles. The van der Waals surface area contributed by atoms with Crippen LogP contribution in [0.1, 0.15) is 23.7 Å². The van der Waals surface area contributed by atoms with Gasteiger partial charge in [0.2, 0.25) is 0 Å². The summed E-state index contributed by atoms with van der Waals surface area (Å²) in [6.07, 6.45) is 7.08. The highest BCUT2D eigenvalue weighted by atomic mass is 16.5. The monoisotopic (exact) mass is 258 g/mol. The Kier molecular flexibility index (Phi) is 4.07. The van der Waals surface area contributed by atoms with Gasteiger partial charge in [0.05, 0.1) is 18.4 Å². The molecule has 2 rings (SSSR count). The van der Waals surface area contributed by atoms with Crippen molar-refractivity contribution in [1.82, 2.24) is 9.97 Å². The first-order valence-electron chi connectivity index (χ1n) is 5.98. The molecule has 5 heteroatoms. The van der Waals surface area contributed by atoms with Crippen LogP contribution in [0.5, 0.6) is 5.75 Å². The minimum Gasteiger partial charge on any atom is -0.492 e. The van der Waals surface area contributed by atoms with E-state index in [0.717, 1.165) is 6.42 Å². The molecule has 98 valence electrons. The molecule has 2 aromatic heterocycles. The van der Waals surface area contributed by atoms with Gasteiger partial charge in [-0.05, 0) is 18.6 Å².